The molecule has 1 saturated carbocycles. The molecule has 280 valence electrons. The fourth-order valence-corrected chi connectivity index (χ4v) is 6.12. The molecule has 3 aromatic carbocycles. The number of nitrogens with one attached hydrogen (secondary N) is 2. The van der Waals surface area contributed by atoms with Crippen molar-refractivity contribution in [2.24, 2.45) is 0 Å². The minimum atomic E-state index is -0.162. The van der Waals surface area contributed by atoms with Crippen LogP contribution in [0.5, 0.6) is 0 Å². The highest BCUT2D eigenvalue weighted by atomic mass is 32.2. The fraction of sp³-hybridized carbons (Fsp3) is 0.364. The Balaban J connectivity index is 0.000000525. The van der Waals surface area contributed by atoms with E-state index in [0.717, 1.165) is 66.8 Å². The van der Waals surface area contributed by atoms with Gasteiger partial charge >= 0.3 is 0 Å². The minimum absolute atomic E-state index is 0.162. The predicted octanol–water partition coefficient (Wildman–Crippen LogP) is 12.8. The molecule has 52 heavy (non-hydrogen) atoms. The monoisotopic (exact) mass is 741 g/mol. The molecule has 0 aliphatic heterocycles. The van der Waals surface area contributed by atoms with Gasteiger partial charge in [0.05, 0.1) is 17.3 Å². The zero-order chi connectivity index (χ0) is 38.6. The van der Waals surface area contributed by atoms with E-state index in [9.17, 15) is 4.39 Å². The molecular weight excluding hydrogens is 682 g/mol. The smallest absolute Gasteiger partial charge is 0.123 e. The average molecular weight is 742 g/mol. The molecule has 1 aliphatic carbocycles. The van der Waals surface area contributed by atoms with E-state index in [-0.39, 0.29) is 5.82 Å². The standard InChI is InChI=1S/C25H29N5S.C8H12.C7H7F.C2H6S.C2H6/c1-2-16-27-31-30(22-6-4-3-5-7-22)23-14-12-21(13-15-23)25-17-24(28-29-25)20-10-8-19(18-26)9-11-20;1-4-5-6-7-8(2)3;1-6-3-2-4-7(8)5-6;1-2-3;1-2/h3-11,17,21,23,27H,2,12-16H2,1H3,(H,28,29);4-7H,2H2,1,3H3;2-5H,1H3;3H,2H2,1H3;1-2H3/b;5-4-,7-6-;;;. The molecule has 0 atom stereocenters. The van der Waals surface area contributed by atoms with E-state index in [0.29, 0.717) is 17.5 Å². The summed E-state index contributed by atoms with van der Waals surface area (Å²) in [6.45, 7) is 18.7. The molecule has 1 aromatic heterocycles. The van der Waals surface area contributed by atoms with Crippen LogP contribution in [0.15, 0.2) is 121 Å². The van der Waals surface area contributed by atoms with Gasteiger partial charge in [-0.25, -0.2) is 9.11 Å². The summed E-state index contributed by atoms with van der Waals surface area (Å²) >= 11 is 5.54. The molecule has 1 fully saturated rings. The number of hydrogen-bond donors (Lipinski definition) is 3. The number of hydrogen-bond acceptors (Lipinski definition) is 6. The Hall–Kier alpha value is -4.03. The Morgan fingerprint density at radius 2 is 1.67 bits per heavy atom. The lowest BCUT2D eigenvalue weighted by Crippen LogP contribution is -2.35. The van der Waals surface area contributed by atoms with Gasteiger partial charge in [0.15, 0.2) is 0 Å². The van der Waals surface area contributed by atoms with Gasteiger partial charge in [-0.05, 0) is 107 Å². The van der Waals surface area contributed by atoms with Crippen LogP contribution in [0.3, 0.4) is 0 Å². The highest BCUT2D eigenvalue weighted by Crippen LogP contribution is 2.38. The van der Waals surface area contributed by atoms with E-state index >= 15 is 0 Å². The molecule has 1 heterocycles. The topological polar surface area (TPSA) is 67.7 Å². The zero-order valence-corrected chi connectivity index (χ0v) is 34.0. The third-order valence-corrected chi connectivity index (χ3v) is 8.60. The second-order valence-electron chi connectivity index (χ2n) is 11.9. The number of aromatic amines is 1. The Morgan fingerprint density at radius 1 is 1.02 bits per heavy atom. The maximum absolute atomic E-state index is 12.2. The van der Waals surface area contributed by atoms with Crippen molar-refractivity contribution in [2.45, 2.75) is 92.5 Å². The first-order valence-electron chi connectivity index (χ1n) is 18.3. The number of para-hydroxylation sites is 1. The van der Waals surface area contributed by atoms with Crippen molar-refractivity contribution in [3.63, 3.8) is 0 Å². The van der Waals surface area contributed by atoms with Crippen LogP contribution in [0.1, 0.15) is 96.4 Å². The predicted molar refractivity (Wildman–Crippen MR) is 229 cm³/mol. The first-order chi connectivity index (χ1) is 25.3. The number of nitriles is 1. The summed E-state index contributed by atoms with van der Waals surface area (Å²) in [6, 6.07) is 29.7. The number of aromatic nitrogens is 2. The van der Waals surface area contributed by atoms with Crippen LogP contribution >= 0.6 is 24.8 Å². The lowest BCUT2D eigenvalue weighted by atomic mass is 9.84. The molecule has 5 rings (SSSR count). The molecule has 0 radical (unpaired) electrons. The van der Waals surface area contributed by atoms with Crippen LogP contribution in [-0.2, 0) is 0 Å². The van der Waals surface area contributed by atoms with E-state index in [4.69, 9.17) is 5.26 Å². The fourth-order valence-electron chi connectivity index (χ4n) is 5.10. The van der Waals surface area contributed by atoms with Crippen LogP contribution in [0.2, 0.25) is 0 Å². The van der Waals surface area contributed by atoms with Crippen LogP contribution in [0.25, 0.3) is 11.3 Å². The Kier molecular flexibility index (Phi) is 25.2. The summed E-state index contributed by atoms with van der Waals surface area (Å²) in [5.74, 6) is 1.30. The molecule has 5 nitrogen and oxygen atoms in total. The van der Waals surface area contributed by atoms with E-state index in [1.54, 1.807) is 18.2 Å². The molecule has 0 amide bonds. The average Bonchev–Trinajstić information content (AvgIpc) is 3.66. The normalized spacial score (nSPS) is 14.6. The van der Waals surface area contributed by atoms with Crippen molar-refractivity contribution in [1.82, 2.24) is 14.9 Å². The van der Waals surface area contributed by atoms with Gasteiger partial charge in [-0.1, -0.05) is 107 Å². The molecule has 0 bridgehead atoms. The maximum atomic E-state index is 12.2. The zero-order valence-electron chi connectivity index (χ0n) is 32.3. The molecule has 2 N–H and O–H groups in total. The molecule has 0 unspecified atom stereocenters. The first kappa shape index (κ1) is 46.0. The van der Waals surface area contributed by atoms with Crippen LogP contribution < -0.4 is 9.03 Å². The highest BCUT2D eigenvalue weighted by Gasteiger charge is 2.28. The number of allylic oxidation sites excluding steroid dienone is 5. The number of H-pyrrole nitrogens is 1. The Labute approximate surface area is 324 Å². The lowest BCUT2D eigenvalue weighted by molar-refractivity contribution is 0.394. The number of benzene rings is 3. The summed E-state index contributed by atoms with van der Waals surface area (Å²) in [5.41, 5.74) is 7.21. The lowest BCUT2D eigenvalue weighted by Gasteiger charge is -2.37. The minimum Gasteiger partial charge on any atom is -0.300 e. The maximum Gasteiger partial charge on any atom is 0.123 e. The van der Waals surface area contributed by atoms with Gasteiger partial charge < -0.3 is 4.31 Å². The van der Waals surface area contributed by atoms with Crippen molar-refractivity contribution < 1.29 is 4.39 Å². The molecule has 1 aliphatic rings. The number of nitrogens with zero attached hydrogens (tertiary/aromatic N) is 3. The van der Waals surface area contributed by atoms with Crippen molar-refractivity contribution in [1.29, 1.82) is 5.26 Å². The number of anilines is 1. The van der Waals surface area contributed by atoms with Gasteiger partial charge in [0.1, 0.15) is 5.82 Å². The Morgan fingerprint density at radius 3 is 2.19 bits per heavy atom. The first-order valence-corrected chi connectivity index (χ1v) is 19.7. The molecule has 4 aromatic rings. The number of aryl methyl sites for hydroxylation is 1. The number of rotatable bonds is 10. The Bertz CT molecular complexity index is 1580. The molecule has 0 spiro atoms. The van der Waals surface area contributed by atoms with E-state index in [1.165, 1.54) is 23.5 Å². The SMILES string of the molecule is C=C(C)/C=C\C=C/C.CC.CCCNSN(c1ccccc1)C1CCC(c2cc(-c3ccc(C#N)cc3)n[nH]2)CC1.CCS.Cc1cccc(F)c1. The summed E-state index contributed by atoms with van der Waals surface area (Å²) in [4.78, 5) is 0. The number of thiol groups is 1. The number of halogens is 1. The third kappa shape index (κ3) is 18.5. The van der Waals surface area contributed by atoms with Crippen molar-refractivity contribution in [2.75, 3.05) is 16.6 Å². The van der Waals surface area contributed by atoms with E-state index < -0.39 is 0 Å². The molecule has 0 saturated heterocycles. The quantitative estimate of drug-likeness (QED) is 0.0653. The highest BCUT2D eigenvalue weighted by molar-refractivity contribution is 7.98. The summed E-state index contributed by atoms with van der Waals surface area (Å²) < 4.78 is 18.1. The second-order valence-corrected chi connectivity index (χ2v) is 13.4. The summed E-state index contributed by atoms with van der Waals surface area (Å²) in [5, 5.41) is 16.8. The molecule has 8 heteroatoms. The van der Waals surface area contributed by atoms with E-state index in [2.05, 4.69) is 87.8 Å². The van der Waals surface area contributed by atoms with Crippen LogP contribution in [0.4, 0.5) is 10.1 Å². The second kappa shape index (κ2) is 28.5. The van der Waals surface area contributed by atoms with Gasteiger partial charge in [0.25, 0.3) is 0 Å². The van der Waals surface area contributed by atoms with Gasteiger partial charge in [-0.15, -0.1) is 0 Å². The summed E-state index contributed by atoms with van der Waals surface area (Å²) in [7, 11) is 0. The van der Waals surface area contributed by atoms with Crippen molar-refractivity contribution in [3.05, 3.63) is 144 Å². The van der Waals surface area contributed by atoms with Gasteiger partial charge in [-0.3, -0.25) is 5.10 Å². The third-order valence-electron chi connectivity index (χ3n) is 7.57. The summed E-state index contributed by atoms with van der Waals surface area (Å²) in [6.07, 6.45) is 13.7. The van der Waals surface area contributed by atoms with Gasteiger partial charge in [0, 0.05) is 47.6 Å². The van der Waals surface area contributed by atoms with Crippen LogP contribution in [-0.4, -0.2) is 28.5 Å². The van der Waals surface area contributed by atoms with Gasteiger partial charge in [0.2, 0.25) is 0 Å². The van der Waals surface area contributed by atoms with E-state index in [1.807, 2.05) is 96.2 Å². The van der Waals surface area contributed by atoms with Gasteiger partial charge in [-0.2, -0.15) is 23.0 Å². The molecular formula is C44H60FN5S2. The largest absolute Gasteiger partial charge is 0.300 e. The van der Waals surface area contributed by atoms with Crippen molar-refractivity contribution >= 4 is 30.5 Å². The van der Waals surface area contributed by atoms with Crippen molar-refractivity contribution in [3.8, 4) is 17.3 Å². The van der Waals surface area contributed by atoms with Crippen LogP contribution in [0, 0.1) is 24.1 Å².